The zero-order valence-corrected chi connectivity index (χ0v) is 10.0. The molecule has 1 heterocycles. The van der Waals surface area contributed by atoms with Crippen LogP contribution in [0.4, 0.5) is 13.2 Å². The monoisotopic (exact) mass is 251 g/mol. The van der Waals surface area contributed by atoms with Crippen LogP contribution in [0.15, 0.2) is 10.5 Å². The van der Waals surface area contributed by atoms with Crippen LogP contribution in [0, 0.1) is 6.92 Å². The molecule has 1 N–H and O–H groups in total. The van der Waals surface area contributed by atoms with Gasteiger partial charge in [-0.1, -0.05) is 0 Å². The van der Waals surface area contributed by atoms with E-state index < -0.39 is 12.3 Å². The fraction of sp³-hybridized carbons (Fsp3) is 0.636. The third kappa shape index (κ3) is 4.05. The van der Waals surface area contributed by atoms with Gasteiger partial charge in [-0.05, 0) is 27.0 Å². The quantitative estimate of drug-likeness (QED) is 0.873. The molecule has 17 heavy (non-hydrogen) atoms. The van der Waals surface area contributed by atoms with Crippen molar-refractivity contribution in [2.75, 3.05) is 7.05 Å². The van der Waals surface area contributed by atoms with Gasteiger partial charge in [-0.2, -0.15) is 13.2 Å². The van der Waals surface area contributed by atoms with Gasteiger partial charge in [0.05, 0.1) is 13.2 Å². The van der Waals surface area contributed by atoms with Gasteiger partial charge in [-0.15, -0.1) is 0 Å². The summed E-state index contributed by atoms with van der Waals surface area (Å²) in [7, 11) is 1.76. The fourth-order valence-corrected chi connectivity index (χ4v) is 1.30. The average molecular weight is 251 g/mol. The normalized spacial score (nSPS) is 14.0. The maximum atomic E-state index is 12.2. The lowest BCUT2D eigenvalue weighted by Gasteiger charge is -2.15. The second-order valence-corrected chi connectivity index (χ2v) is 3.82. The Morgan fingerprint density at radius 3 is 2.65 bits per heavy atom. The van der Waals surface area contributed by atoms with Crippen LogP contribution < -0.4 is 5.32 Å². The van der Waals surface area contributed by atoms with Crippen LogP contribution >= 0.6 is 0 Å². The molecule has 0 bridgehead atoms. The van der Waals surface area contributed by atoms with E-state index in [2.05, 4.69) is 5.32 Å². The predicted octanol–water partition coefficient (Wildman–Crippen LogP) is 2.77. The average Bonchev–Trinajstić information content (AvgIpc) is 2.54. The SMILES string of the molecule is CNCc1cc(COC(C)C(F)(F)F)c(C)o1. The van der Waals surface area contributed by atoms with Gasteiger partial charge in [-0.25, -0.2) is 0 Å². The summed E-state index contributed by atoms with van der Waals surface area (Å²) in [6, 6.07) is 1.70. The number of hydrogen-bond donors (Lipinski definition) is 1. The Kier molecular flexibility index (Phi) is 4.59. The second kappa shape index (κ2) is 5.55. The molecule has 0 aliphatic heterocycles. The maximum Gasteiger partial charge on any atom is 0.414 e. The van der Waals surface area contributed by atoms with Crippen molar-refractivity contribution in [3.05, 3.63) is 23.2 Å². The van der Waals surface area contributed by atoms with Crippen molar-refractivity contribution in [2.24, 2.45) is 0 Å². The molecule has 0 aliphatic rings. The van der Waals surface area contributed by atoms with Crippen molar-refractivity contribution < 1.29 is 22.3 Å². The molecule has 1 aromatic heterocycles. The first-order valence-electron chi connectivity index (χ1n) is 5.25. The first-order chi connectivity index (χ1) is 7.84. The van der Waals surface area contributed by atoms with E-state index in [9.17, 15) is 13.2 Å². The number of rotatable bonds is 5. The molecule has 0 saturated carbocycles. The summed E-state index contributed by atoms with van der Waals surface area (Å²) < 4.78 is 46.8. The van der Waals surface area contributed by atoms with Crippen molar-refractivity contribution in [1.29, 1.82) is 0 Å². The number of halogens is 3. The second-order valence-electron chi connectivity index (χ2n) is 3.82. The van der Waals surface area contributed by atoms with Gasteiger partial charge >= 0.3 is 6.18 Å². The molecule has 1 unspecified atom stereocenters. The number of aryl methyl sites for hydroxylation is 1. The number of furan rings is 1. The topological polar surface area (TPSA) is 34.4 Å². The predicted molar refractivity (Wildman–Crippen MR) is 56.5 cm³/mol. The van der Waals surface area contributed by atoms with E-state index in [-0.39, 0.29) is 6.61 Å². The van der Waals surface area contributed by atoms with Crippen LogP contribution in [0.5, 0.6) is 0 Å². The van der Waals surface area contributed by atoms with Gasteiger partial charge in [-0.3, -0.25) is 0 Å². The third-order valence-corrected chi connectivity index (χ3v) is 2.37. The van der Waals surface area contributed by atoms with E-state index in [4.69, 9.17) is 9.15 Å². The van der Waals surface area contributed by atoms with Crippen LogP contribution in [0.25, 0.3) is 0 Å². The zero-order chi connectivity index (χ0) is 13.1. The van der Waals surface area contributed by atoms with Crippen molar-refractivity contribution in [3.8, 4) is 0 Å². The molecule has 0 fully saturated rings. The van der Waals surface area contributed by atoms with Crippen molar-refractivity contribution in [3.63, 3.8) is 0 Å². The lowest BCUT2D eigenvalue weighted by atomic mass is 10.2. The summed E-state index contributed by atoms with van der Waals surface area (Å²) in [5.41, 5.74) is 0.645. The van der Waals surface area contributed by atoms with Crippen molar-refractivity contribution in [2.45, 2.75) is 39.3 Å². The van der Waals surface area contributed by atoms with E-state index in [0.29, 0.717) is 23.6 Å². The lowest BCUT2D eigenvalue weighted by molar-refractivity contribution is -0.217. The molecule has 0 aliphatic carbocycles. The minimum Gasteiger partial charge on any atom is -0.465 e. The molecule has 0 spiro atoms. The van der Waals surface area contributed by atoms with Gasteiger partial charge in [0, 0.05) is 5.56 Å². The Bertz CT molecular complexity index is 360. The maximum absolute atomic E-state index is 12.2. The molecular formula is C11H16F3NO2. The van der Waals surface area contributed by atoms with E-state index >= 15 is 0 Å². The molecule has 0 saturated heterocycles. The van der Waals surface area contributed by atoms with Crippen LogP contribution in [0.3, 0.4) is 0 Å². The standard InChI is InChI=1S/C11H16F3NO2/c1-7-9(4-10(17-7)5-15-3)6-16-8(2)11(12,13)14/h4,8,15H,5-6H2,1-3H3. The zero-order valence-electron chi connectivity index (χ0n) is 10.0. The molecule has 3 nitrogen and oxygen atoms in total. The lowest BCUT2D eigenvalue weighted by Crippen LogP contribution is -2.28. The number of nitrogens with one attached hydrogen (secondary N) is 1. The van der Waals surface area contributed by atoms with Crippen molar-refractivity contribution >= 4 is 0 Å². The summed E-state index contributed by atoms with van der Waals surface area (Å²) in [6.45, 7) is 3.13. The summed E-state index contributed by atoms with van der Waals surface area (Å²) in [4.78, 5) is 0. The van der Waals surface area contributed by atoms with Crippen LogP contribution in [0.2, 0.25) is 0 Å². The Morgan fingerprint density at radius 1 is 1.47 bits per heavy atom. The Labute approximate surface area is 97.9 Å². The first-order valence-corrected chi connectivity index (χ1v) is 5.25. The van der Waals surface area contributed by atoms with E-state index in [1.165, 1.54) is 0 Å². The molecule has 1 aromatic rings. The minimum atomic E-state index is -4.33. The van der Waals surface area contributed by atoms with Crippen LogP contribution in [-0.4, -0.2) is 19.3 Å². The summed E-state index contributed by atoms with van der Waals surface area (Å²) in [5, 5.41) is 2.90. The molecule has 0 amide bonds. The van der Waals surface area contributed by atoms with E-state index in [0.717, 1.165) is 6.92 Å². The molecule has 6 heteroatoms. The molecule has 98 valence electrons. The van der Waals surface area contributed by atoms with E-state index in [1.807, 2.05) is 0 Å². The highest BCUT2D eigenvalue weighted by molar-refractivity contribution is 5.19. The third-order valence-electron chi connectivity index (χ3n) is 2.37. The Hall–Kier alpha value is -1.01. The highest BCUT2D eigenvalue weighted by atomic mass is 19.4. The smallest absolute Gasteiger partial charge is 0.414 e. The van der Waals surface area contributed by atoms with Crippen LogP contribution in [0.1, 0.15) is 24.0 Å². The van der Waals surface area contributed by atoms with Gasteiger partial charge < -0.3 is 14.5 Å². The van der Waals surface area contributed by atoms with Gasteiger partial charge in [0.15, 0.2) is 6.10 Å². The highest BCUT2D eigenvalue weighted by Crippen LogP contribution is 2.24. The number of hydrogen-bond acceptors (Lipinski definition) is 3. The van der Waals surface area contributed by atoms with Gasteiger partial charge in [0.1, 0.15) is 11.5 Å². The number of alkyl halides is 3. The first kappa shape index (κ1) is 14.1. The molecule has 0 aromatic carbocycles. The Balaban J connectivity index is 2.57. The summed E-state index contributed by atoms with van der Waals surface area (Å²) >= 11 is 0. The van der Waals surface area contributed by atoms with Gasteiger partial charge in [0.2, 0.25) is 0 Å². The van der Waals surface area contributed by atoms with Crippen LogP contribution in [-0.2, 0) is 17.9 Å². The minimum absolute atomic E-state index is 0.0975. The largest absolute Gasteiger partial charge is 0.465 e. The van der Waals surface area contributed by atoms with Gasteiger partial charge in [0.25, 0.3) is 0 Å². The summed E-state index contributed by atoms with van der Waals surface area (Å²) in [5.74, 6) is 1.27. The molecule has 1 atom stereocenters. The molecule has 0 radical (unpaired) electrons. The molecular weight excluding hydrogens is 235 g/mol. The van der Waals surface area contributed by atoms with Crippen molar-refractivity contribution in [1.82, 2.24) is 5.32 Å². The highest BCUT2D eigenvalue weighted by Gasteiger charge is 2.36. The molecule has 1 rings (SSSR count). The van der Waals surface area contributed by atoms with E-state index in [1.54, 1.807) is 20.0 Å². The fourth-order valence-electron chi connectivity index (χ4n) is 1.30. The summed E-state index contributed by atoms with van der Waals surface area (Å²) in [6.07, 6.45) is -6.10. The Morgan fingerprint density at radius 2 is 2.12 bits per heavy atom. The number of ether oxygens (including phenoxy) is 1.